The molecule has 2 aromatic heterocycles. The number of aliphatic hydroxyl groups is 1. The Labute approximate surface area is 218 Å². The van der Waals surface area contributed by atoms with Crippen LogP contribution in [0.1, 0.15) is 17.3 Å². The third-order valence-electron chi connectivity index (χ3n) is 6.59. The second-order valence-electron chi connectivity index (χ2n) is 9.12. The number of alkyl halides is 2. The molecule has 1 aliphatic rings. The molecular weight excluding hydrogens is 494 g/mol. The second-order valence-corrected chi connectivity index (χ2v) is 9.12. The van der Waals surface area contributed by atoms with Crippen molar-refractivity contribution in [2.75, 3.05) is 39.8 Å². The molecule has 2 N–H and O–H groups in total. The maximum Gasteiger partial charge on any atom is 0.586 e. The average Bonchev–Trinajstić information content (AvgIpc) is 3.47. The Morgan fingerprint density at radius 3 is 2.66 bits per heavy atom. The molecule has 0 aliphatic carbocycles. The number of carbonyl (C=O) groups is 1. The number of carbonyl (C=O) groups excluding carboxylic acids is 1. The minimum absolute atomic E-state index is 0.0271. The molecule has 198 valence electrons. The van der Waals surface area contributed by atoms with Crippen molar-refractivity contribution in [1.29, 1.82) is 0 Å². The lowest BCUT2D eigenvalue weighted by atomic mass is 10.00. The van der Waals surface area contributed by atoms with Gasteiger partial charge in [-0.05, 0) is 43.8 Å². The van der Waals surface area contributed by atoms with E-state index in [1.165, 1.54) is 6.07 Å². The molecule has 10 heteroatoms. The number of para-hydroxylation sites is 1. The molecule has 38 heavy (non-hydrogen) atoms. The number of nitrogens with zero attached hydrogens (tertiary/aromatic N) is 3. The van der Waals surface area contributed by atoms with Crippen LogP contribution in [0.5, 0.6) is 11.5 Å². The van der Waals surface area contributed by atoms with E-state index in [9.17, 15) is 13.6 Å². The largest absolute Gasteiger partial charge is 0.586 e. The van der Waals surface area contributed by atoms with Gasteiger partial charge in [0.25, 0.3) is 5.91 Å². The molecule has 1 amide bonds. The number of pyridine rings is 1. The smallest absolute Gasteiger partial charge is 0.395 e. The molecule has 0 bridgehead atoms. The van der Waals surface area contributed by atoms with Crippen LogP contribution in [0.25, 0.3) is 33.3 Å². The Bertz CT molecular complexity index is 1470. The van der Waals surface area contributed by atoms with E-state index in [1.54, 1.807) is 35.5 Å². The Balaban J connectivity index is 1.45. The van der Waals surface area contributed by atoms with Gasteiger partial charge in [-0.2, -0.15) is 0 Å². The van der Waals surface area contributed by atoms with E-state index >= 15 is 0 Å². The zero-order valence-electron chi connectivity index (χ0n) is 21.1. The monoisotopic (exact) mass is 522 g/mol. The normalized spacial score (nSPS) is 13.8. The lowest BCUT2D eigenvalue weighted by Gasteiger charge is -2.24. The fourth-order valence-corrected chi connectivity index (χ4v) is 4.56. The number of aromatic amines is 1. The number of aliphatic hydroxyl groups excluding tert-OH is 1. The van der Waals surface area contributed by atoms with Crippen LogP contribution in [-0.2, 0) is 0 Å². The summed E-state index contributed by atoms with van der Waals surface area (Å²) in [6, 6.07) is 14.0. The Morgan fingerprint density at radius 1 is 1.05 bits per heavy atom. The van der Waals surface area contributed by atoms with Gasteiger partial charge in [0.15, 0.2) is 11.5 Å². The van der Waals surface area contributed by atoms with E-state index in [2.05, 4.69) is 14.7 Å². The SMILES string of the molecule is CCN(CCN(C)CCO)C(=O)c1cccc(-c2cnc3[nH]cc(-c4cccc5c4OC(F)(F)O5)c3c2)c1. The number of rotatable bonds is 9. The van der Waals surface area contributed by atoms with Crippen LogP contribution >= 0.6 is 0 Å². The first kappa shape index (κ1) is 25.6. The molecule has 0 unspecified atom stereocenters. The highest BCUT2D eigenvalue weighted by Crippen LogP contribution is 2.48. The predicted octanol–water partition coefficient (Wildman–Crippen LogP) is 4.60. The summed E-state index contributed by atoms with van der Waals surface area (Å²) in [5.41, 5.74) is 3.81. The molecule has 0 saturated heterocycles. The summed E-state index contributed by atoms with van der Waals surface area (Å²) in [4.78, 5) is 24.6. The summed E-state index contributed by atoms with van der Waals surface area (Å²) >= 11 is 0. The highest BCUT2D eigenvalue weighted by atomic mass is 19.3. The lowest BCUT2D eigenvalue weighted by molar-refractivity contribution is -0.286. The van der Waals surface area contributed by atoms with Crippen LogP contribution in [0.4, 0.5) is 8.78 Å². The molecule has 8 nitrogen and oxygen atoms in total. The van der Waals surface area contributed by atoms with E-state index in [0.29, 0.717) is 53.9 Å². The number of benzene rings is 2. The van der Waals surface area contributed by atoms with Gasteiger partial charge in [0.05, 0.1) is 6.61 Å². The third-order valence-corrected chi connectivity index (χ3v) is 6.59. The van der Waals surface area contributed by atoms with Gasteiger partial charge in [-0.15, -0.1) is 8.78 Å². The predicted molar refractivity (Wildman–Crippen MR) is 139 cm³/mol. The van der Waals surface area contributed by atoms with Crippen molar-refractivity contribution in [3.8, 4) is 33.8 Å². The molecule has 0 spiro atoms. The van der Waals surface area contributed by atoms with Crippen molar-refractivity contribution in [3.05, 3.63) is 66.5 Å². The van der Waals surface area contributed by atoms with Crippen LogP contribution in [0, 0.1) is 0 Å². The van der Waals surface area contributed by atoms with Crippen LogP contribution in [0.3, 0.4) is 0 Å². The van der Waals surface area contributed by atoms with E-state index < -0.39 is 6.29 Å². The summed E-state index contributed by atoms with van der Waals surface area (Å²) in [5.74, 6) is -0.137. The number of likely N-dealkylation sites (N-methyl/N-ethyl adjacent to an activating group) is 2. The van der Waals surface area contributed by atoms with Crippen molar-refractivity contribution >= 4 is 16.9 Å². The van der Waals surface area contributed by atoms with Gasteiger partial charge in [0, 0.05) is 66.2 Å². The Morgan fingerprint density at radius 2 is 1.87 bits per heavy atom. The van der Waals surface area contributed by atoms with Crippen molar-refractivity contribution in [3.63, 3.8) is 0 Å². The molecule has 1 aliphatic heterocycles. The van der Waals surface area contributed by atoms with E-state index in [0.717, 1.165) is 11.1 Å². The van der Waals surface area contributed by atoms with Crippen molar-refractivity contribution in [2.24, 2.45) is 0 Å². The highest BCUT2D eigenvalue weighted by Gasteiger charge is 2.44. The molecule has 5 rings (SSSR count). The zero-order valence-corrected chi connectivity index (χ0v) is 21.1. The maximum absolute atomic E-state index is 13.8. The maximum atomic E-state index is 13.8. The van der Waals surface area contributed by atoms with Crippen LogP contribution in [0.15, 0.2) is 60.9 Å². The molecular formula is C28H28F2N4O4. The number of H-pyrrole nitrogens is 1. The standard InChI is InChI=1S/C28H28F2N4O4/c1-3-34(11-10-33(2)12-13-35)27(36)19-7-4-6-18(14-19)20-15-22-23(17-32-26(22)31-16-20)21-8-5-9-24-25(21)38-28(29,30)37-24/h4-9,14-17,35H,3,10-13H2,1-2H3,(H,31,32). The fraction of sp³-hybridized carbons (Fsp3) is 0.286. The summed E-state index contributed by atoms with van der Waals surface area (Å²) in [7, 11) is 1.90. The molecule has 0 saturated carbocycles. The number of ether oxygens (including phenoxy) is 2. The van der Waals surface area contributed by atoms with E-state index in [1.807, 2.05) is 43.1 Å². The number of halogens is 2. The van der Waals surface area contributed by atoms with Crippen molar-refractivity contribution in [1.82, 2.24) is 19.8 Å². The number of aromatic nitrogens is 2. The molecule has 3 heterocycles. The van der Waals surface area contributed by atoms with Gasteiger partial charge in [-0.1, -0.05) is 24.3 Å². The summed E-state index contributed by atoms with van der Waals surface area (Å²) < 4.78 is 36.9. The topological polar surface area (TPSA) is 90.9 Å². The Hall–Kier alpha value is -4.02. The minimum Gasteiger partial charge on any atom is -0.395 e. The summed E-state index contributed by atoms with van der Waals surface area (Å²) in [6.45, 7) is 4.31. The number of amides is 1. The van der Waals surface area contributed by atoms with E-state index in [4.69, 9.17) is 9.84 Å². The number of fused-ring (bicyclic) bond motifs is 2. The first-order chi connectivity index (χ1) is 18.3. The number of nitrogens with one attached hydrogen (secondary N) is 1. The van der Waals surface area contributed by atoms with Gasteiger partial charge in [0.1, 0.15) is 5.65 Å². The Kier molecular flexibility index (Phi) is 7.00. The average molecular weight is 523 g/mol. The summed E-state index contributed by atoms with van der Waals surface area (Å²) in [6.07, 6.45) is -0.317. The fourth-order valence-electron chi connectivity index (χ4n) is 4.56. The molecule has 4 aromatic rings. The number of hydrogen-bond acceptors (Lipinski definition) is 6. The molecule has 0 fully saturated rings. The van der Waals surface area contributed by atoms with Crippen LogP contribution < -0.4 is 9.47 Å². The van der Waals surface area contributed by atoms with Crippen molar-refractivity contribution < 1.29 is 28.2 Å². The van der Waals surface area contributed by atoms with Gasteiger partial charge >= 0.3 is 6.29 Å². The van der Waals surface area contributed by atoms with Gasteiger partial charge in [0.2, 0.25) is 0 Å². The lowest BCUT2D eigenvalue weighted by Crippen LogP contribution is -2.38. The van der Waals surface area contributed by atoms with E-state index in [-0.39, 0.29) is 24.0 Å². The highest BCUT2D eigenvalue weighted by molar-refractivity contribution is 5.99. The first-order valence-corrected chi connectivity index (χ1v) is 12.3. The minimum atomic E-state index is -3.72. The first-order valence-electron chi connectivity index (χ1n) is 12.3. The van der Waals surface area contributed by atoms with Crippen molar-refractivity contribution in [2.45, 2.75) is 13.2 Å². The molecule has 2 aromatic carbocycles. The second kappa shape index (κ2) is 10.4. The summed E-state index contributed by atoms with van der Waals surface area (Å²) in [5, 5.41) is 9.83. The zero-order chi connectivity index (χ0) is 26.9. The van der Waals surface area contributed by atoms with Gasteiger partial charge in [-0.25, -0.2) is 4.98 Å². The number of hydrogen-bond donors (Lipinski definition) is 2. The van der Waals surface area contributed by atoms with Crippen LogP contribution in [-0.4, -0.2) is 76.9 Å². The molecule has 0 radical (unpaired) electrons. The van der Waals surface area contributed by atoms with Gasteiger partial charge < -0.3 is 29.4 Å². The van der Waals surface area contributed by atoms with Crippen LogP contribution in [0.2, 0.25) is 0 Å². The molecule has 0 atom stereocenters. The third kappa shape index (κ3) is 5.05. The quantitative estimate of drug-likeness (QED) is 0.334. The van der Waals surface area contributed by atoms with Gasteiger partial charge in [-0.3, -0.25) is 4.79 Å².